The number of carbonyl (C=O) groups excluding carboxylic acids is 1. The Kier molecular flexibility index (Phi) is 5.98. The average molecular weight is 363 g/mol. The maximum Gasteiger partial charge on any atom is 0.340 e. The Bertz CT molecular complexity index is 668. The molecule has 1 aliphatic carbocycles. The van der Waals surface area contributed by atoms with Gasteiger partial charge in [-0.05, 0) is 36.7 Å². The van der Waals surface area contributed by atoms with Gasteiger partial charge in [0.25, 0.3) is 0 Å². The van der Waals surface area contributed by atoms with E-state index in [1.807, 2.05) is 0 Å². The van der Waals surface area contributed by atoms with E-state index in [-0.39, 0.29) is 11.4 Å². The highest BCUT2D eigenvalue weighted by molar-refractivity contribution is 7.13. The lowest BCUT2D eigenvalue weighted by Crippen LogP contribution is -2.23. The molecule has 0 amide bonds. The Balaban J connectivity index is 2.41. The van der Waals surface area contributed by atoms with Crippen LogP contribution in [0.15, 0.2) is 0 Å². The fraction of sp³-hybridized carbons (Fsp3) is 0.650. The van der Waals surface area contributed by atoms with Gasteiger partial charge >= 0.3 is 5.97 Å². The topological polar surface area (TPSA) is 26.3 Å². The summed E-state index contributed by atoms with van der Waals surface area (Å²) in [6.07, 6.45) is 5.12. The minimum Gasteiger partial charge on any atom is -0.462 e. The summed E-state index contributed by atoms with van der Waals surface area (Å²) < 4.78 is 5.54. The highest BCUT2D eigenvalue weighted by atomic mass is 32.1. The molecule has 1 aromatic rings. The van der Waals surface area contributed by atoms with Gasteiger partial charge in [0.1, 0.15) is 8.07 Å². The van der Waals surface area contributed by atoms with Gasteiger partial charge in [-0.15, -0.1) is 16.9 Å². The standard InChI is InChI=1S/C20H30O2SSi/c1-7-8-12-22-19(21)18-15-14-20(2,3)11-9-16(15)23-17(18)10-13-24(4,5)6/h7-9,11-12,14H2,1-6H3. The summed E-state index contributed by atoms with van der Waals surface area (Å²) in [5.41, 5.74) is 5.64. The van der Waals surface area contributed by atoms with Crippen molar-refractivity contribution in [3.63, 3.8) is 0 Å². The molecule has 0 saturated heterocycles. The number of esters is 1. The van der Waals surface area contributed by atoms with E-state index in [4.69, 9.17) is 4.74 Å². The van der Waals surface area contributed by atoms with E-state index in [0.717, 1.165) is 36.1 Å². The van der Waals surface area contributed by atoms with Crippen molar-refractivity contribution in [3.8, 4) is 11.5 Å². The summed E-state index contributed by atoms with van der Waals surface area (Å²) in [5.74, 6) is 3.17. The van der Waals surface area contributed by atoms with Crippen molar-refractivity contribution in [2.24, 2.45) is 5.41 Å². The van der Waals surface area contributed by atoms with E-state index in [1.54, 1.807) is 11.3 Å². The Morgan fingerprint density at radius 3 is 2.67 bits per heavy atom. The first kappa shape index (κ1) is 19.3. The van der Waals surface area contributed by atoms with Crippen LogP contribution >= 0.6 is 11.3 Å². The fourth-order valence-electron chi connectivity index (χ4n) is 2.85. The van der Waals surface area contributed by atoms with Crippen LogP contribution in [0.4, 0.5) is 0 Å². The average Bonchev–Trinajstić information content (AvgIpc) is 2.81. The smallest absolute Gasteiger partial charge is 0.340 e. The third kappa shape index (κ3) is 4.97. The zero-order valence-electron chi connectivity index (χ0n) is 16.0. The van der Waals surface area contributed by atoms with Crippen LogP contribution in [0.25, 0.3) is 0 Å². The van der Waals surface area contributed by atoms with Gasteiger partial charge in [0.2, 0.25) is 0 Å². The first-order chi connectivity index (χ1) is 11.1. The second-order valence-electron chi connectivity index (χ2n) is 8.54. The van der Waals surface area contributed by atoms with Gasteiger partial charge in [-0.3, -0.25) is 0 Å². The maximum absolute atomic E-state index is 12.7. The van der Waals surface area contributed by atoms with Crippen LogP contribution in [-0.2, 0) is 17.6 Å². The van der Waals surface area contributed by atoms with Crippen molar-refractivity contribution in [2.45, 2.75) is 72.5 Å². The predicted octanol–water partition coefficient (Wildman–Crippen LogP) is 5.45. The summed E-state index contributed by atoms with van der Waals surface area (Å²) >= 11 is 1.72. The molecule has 1 aromatic heterocycles. The predicted molar refractivity (Wildman–Crippen MR) is 106 cm³/mol. The number of carbonyl (C=O) groups is 1. The molecular formula is C20H30O2SSi. The van der Waals surface area contributed by atoms with E-state index in [9.17, 15) is 4.79 Å². The van der Waals surface area contributed by atoms with Crippen LogP contribution < -0.4 is 0 Å². The van der Waals surface area contributed by atoms with Crippen molar-refractivity contribution in [3.05, 3.63) is 20.9 Å². The molecule has 24 heavy (non-hydrogen) atoms. The van der Waals surface area contributed by atoms with Gasteiger partial charge in [-0.25, -0.2) is 4.79 Å². The van der Waals surface area contributed by atoms with Crippen LogP contribution in [-0.4, -0.2) is 20.7 Å². The van der Waals surface area contributed by atoms with Crippen molar-refractivity contribution < 1.29 is 9.53 Å². The molecule has 0 aliphatic heterocycles. The third-order valence-corrected chi connectivity index (χ3v) is 6.34. The number of ether oxygens (including phenoxy) is 1. The molecule has 2 rings (SSSR count). The number of aryl methyl sites for hydroxylation is 1. The highest BCUT2D eigenvalue weighted by Gasteiger charge is 2.33. The van der Waals surface area contributed by atoms with Crippen LogP contribution in [0.1, 0.15) is 65.7 Å². The van der Waals surface area contributed by atoms with Gasteiger partial charge in [-0.2, -0.15) is 0 Å². The minimum atomic E-state index is -1.48. The zero-order valence-corrected chi connectivity index (χ0v) is 17.8. The summed E-state index contributed by atoms with van der Waals surface area (Å²) in [6, 6.07) is 0. The minimum absolute atomic E-state index is 0.168. The molecule has 0 radical (unpaired) electrons. The van der Waals surface area contributed by atoms with E-state index in [1.165, 1.54) is 16.9 Å². The zero-order chi connectivity index (χ0) is 18.0. The molecule has 0 unspecified atom stereocenters. The molecule has 0 aromatic carbocycles. The Morgan fingerprint density at radius 2 is 2.04 bits per heavy atom. The molecular weight excluding hydrogens is 332 g/mol. The highest BCUT2D eigenvalue weighted by Crippen LogP contribution is 2.41. The van der Waals surface area contributed by atoms with Gasteiger partial charge in [-0.1, -0.05) is 52.8 Å². The lowest BCUT2D eigenvalue weighted by Gasteiger charge is -2.29. The van der Waals surface area contributed by atoms with Gasteiger partial charge < -0.3 is 4.74 Å². The molecule has 0 spiro atoms. The molecule has 0 atom stereocenters. The summed E-state index contributed by atoms with van der Waals surface area (Å²) in [4.78, 5) is 15.0. The van der Waals surface area contributed by atoms with Crippen molar-refractivity contribution in [1.82, 2.24) is 0 Å². The second-order valence-corrected chi connectivity index (χ2v) is 14.4. The first-order valence-corrected chi connectivity index (χ1v) is 13.3. The number of fused-ring (bicyclic) bond motifs is 1. The first-order valence-electron chi connectivity index (χ1n) is 8.98. The van der Waals surface area contributed by atoms with Crippen molar-refractivity contribution >= 4 is 25.4 Å². The van der Waals surface area contributed by atoms with E-state index in [2.05, 4.69) is 51.9 Å². The number of unbranched alkanes of at least 4 members (excludes halogenated alkanes) is 1. The van der Waals surface area contributed by atoms with E-state index < -0.39 is 8.07 Å². The van der Waals surface area contributed by atoms with Crippen LogP contribution in [0.2, 0.25) is 19.6 Å². The summed E-state index contributed by atoms with van der Waals surface area (Å²) in [5, 5.41) is 0. The van der Waals surface area contributed by atoms with Crippen molar-refractivity contribution in [1.29, 1.82) is 0 Å². The molecule has 1 aliphatic rings. The number of thiophene rings is 1. The SMILES string of the molecule is CCCCOC(=O)c1c(C#C[Si](C)(C)C)sc2c1CC(C)(C)CC2. The molecule has 0 saturated carbocycles. The molecule has 1 heterocycles. The monoisotopic (exact) mass is 362 g/mol. The maximum atomic E-state index is 12.7. The Hall–Kier alpha value is -1.05. The normalized spacial score (nSPS) is 16.1. The third-order valence-electron chi connectivity index (χ3n) is 4.26. The molecule has 2 nitrogen and oxygen atoms in total. The number of hydrogen-bond donors (Lipinski definition) is 0. The van der Waals surface area contributed by atoms with Crippen molar-refractivity contribution in [2.75, 3.05) is 6.61 Å². The molecule has 4 heteroatoms. The fourth-order valence-corrected chi connectivity index (χ4v) is 4.60. The lowest BCUT2D eigenvalue weighted by molar-refractivity contribution is 0.0498. The summed E-state index contributed by atoms with van der Waals surface area (Å²) in [7, 11) is -1.48. The Morgan fingerprint density at radius 1 is 1.33 bits per heavy atom. The van der Waals surface area contributed by atoms with Crippen LogP contribution in [0, 0.1) is 16.9 Å². The van der Waals surface area contributed by atoms with Gasteiger partial charge in [0.15, 0.2) is 0 Å². The molecule has 0 N–H and O–H groups in total. The van der Waals surface area contributed by atoms with Crippen LogP contribution in [0.5, 0.6) is 0 Å². The van der Waals surface area contributed by atoms with Gasteiger partial charge in [0.05, 0.1) is 17.0 Å². The Labute approximate surface area is 152 Å². The number of rotatable bonds is 4. The molecule has 132 valence electrons. The van der Waals surface area contributed by atoms with E-state index >= 15 is 0 Å². The second kappa shape index (κ2) is 7.45. The molecule has 0 bridgehead atoms. The number of hydrogen-bond acceptors (Lipinski definition) is 3. The lowest BCUT2D eigenvalue weighted by atomic mass is 9.76. The summed E-state index contributed by atoms with van der Waals surface area (Å²) in [6.45, 7) is 13.9. The quantitative estimate of drug-likeness (QED) is 0.308. The van der Waals surface area contributed by atoms with Gasteiger partial charge in [0, 0.05) is 4.88 Å². The molecule has 0 fully saturated rings. The largest absolute Gasteiger partial charge is 0.462 e. The van der Waals surface area contributed by atoms with E-state index in [0.29, 0.717) is 6.61 Å². The van der Waals surface area contributed by atoms with Crippen LogP contribution in [0.3, 0.4) is 0 Å².